The topological polar surface area (TPSA) is 128 Å². The number of rotatable bonds is 6. The summed E-state index contributed by atoms with van der Waals surface area (Å²) < 4.78 is 11.3. The van der Waals surface area contributed by atoms with Crippen LogP contribution in [0.1, 0.15) is 37.3 Å². The third-order valence-electron chi connectivity index (χ3n) is 7.07. The fraction of sp³-hybridized carbons (Fsp3) is 0.286. The summed E-state index contributed by atoms with van der Waals surface area (Å²) in [5.74, 6) is 1.16. The summed E-state index contributed by atoms with van der Waals surface area (Å²) in [6.45, 7) is 0. The van der Waals surface area contributed by atoms with Gasteiger partial charge in [-0.3, -0.25) is 14.2 Å². The lowest BCUT2D eigenvalue weighted by molar-refractivity contribution is 0.123. The summed E-state index contributed by atoms with van der Waals surface area (Å²) in [7, 11) is 3.51. The zero-order valence-corrected chi connectivity index (χ0v) is 21.7. The molecule has 196 valence electrons. The monoisotopic (exact) mass is 521 g/mol. The van der Waals surface area contributed by atoms with Gasteiger partial charge in [-0.15, -0.1) is 5.10 Å². The van der Waals surface area contributed by atoms with Crippen molar-refractivity contribution >= 4 is 22.4 Å². The van der Waals surface area contributed by atoms with Gasteiger partial charge in [-0.05, 0) is 49.9 Å². The lowest BCUT2D eigenvalue weighted by atomic mass is 9.93. The molecule has 0 spiro atoms. The number of benzene rings is 1. The maximum atomic E-state index is 11.6. The van der Waals surface area contributed by atoms with Gasteiger partial charge in [0.1, 0.15) is 17.6 Å². The number of nitriles is 1. The number of fused-ring (bicyclic) bond motifs is 1. The lowest BCUT2D eigenvalue weighted by Crippen LogP contribution is -2.27. The van der Waals surface area contributed by atoms with Crippen LogP contribution in [-0.4, -0.2) is 40.4 Å². The number of aryl methyl sites for hydroxylation is 2. The molecule has 1 N–H and O–H groups in total. The molecule has 4 heterocycles. The van der Waals surface area contributed by atoms with Gasteiger partial charge in [0, 0.05) is 61.3 Å². The fourth-order valence-corrected chi connectivity index (χ4v) is 5.03. The first-order chi connectivity index (χ1) is 19.0. The van der Waals surface area contributed by atoms with E-state index in [1.807, 2.05) is 43.8 Å². The van der Waals surface area contributed by atoms with Crippen molar-refractivity contribution in [2.24, 2.45) is 14.1 Å². The Morgan fingerprint density at radius 1 is 1.03 bits per heavy atom. The van der Waals surface area contributed by atoms with Gasteiger partial charge < -0.3 is 10.1 Å². The minimum atomic E-state index is -0.163. The number of hydrogen-bond donors (Lipinski definition) is 1. The van der Waals surface area contributed by atoms with E-state index in [1.165, 1.54) is 10.7 Å². The first-order valence-electron chi connectivity index (χ1n) is 12.8. The van der Waals surface area contributed by atoms with Gasteiger partial charge in [0.2, 0.25) is 5.88 Å². The number of ether oxygens (including phenoxy) is 1. The van der Waals surface area contributed by atoms with Crippen molar-refractivity contribution in [1.29, 1.82) is 5.26 Å². The molecule has 0 aliphatic heterocycles. The van der Waals surface area contributed by atoms with Gasteiger partial charge in [0.25, 0.3) is 5.56 Å². The van der Waals surface area contributed by atoms with Crippen LogP contribution in [0.15, 0.2) is 65.8 Å². The van der Waals surface area contributed by atoms with Crippen molar-refractivity contribution in [3.05, 3.63) is 77.0 Å². The van der Waals surface area contributed by atoms with Gasteiger partial charge in [-0.2, -0.15) is 15.5 Å². The molecular formula is C28H27N9O2. The van der Waals surface area contributed by atoms with Crippen LogP contribution in [0.2, 0.25) is 0 Å². The Hall–Kier alpha value is -4.98. The van der Waals surface area contributed by atoms with E-state index in [-0.39, 0.29) is 17.7 Å². The Morgan fingerprint density at radius 2 is 1.82 bits per heavy atom. The van der Waals surface area contributed by atoms with Crippen LogP contribution < -0.4 is 15.6 Å². The number of nitrogens with zero attached hydrogens (tertiary/aromatic N) is 8. The Morgan fingerprint density at radius 3 is 2.51 bits per heavy atom. The van der Waals surface area contributed by atoms with Crippen molar-refractivity contribution < 1.29 is 4.74 Å². The number of aromatic nitrogens is 7. The maximum absolute atomic E-state index is 11.6. The molecular weight excluding hydrogens is 494 g/mol. The number of hydrogen-bond acceptors (Lipinski definition) is 8. The molecule has 0 radical (unpaired) electrons. The van der Waals surface area contributed by atoms with Crippen molar-refractivity contribution in [3.63, 3.8) is 0 Å². The first-order valence-corrected chi connectivity index (χ1v) is 12.8. The Labute approximate surface area is 224 Å². The van der Waals surface area contributed by atoms with Gasteiger partial charge in [0.15, 0.2) is 0 Å². The average molecular weight is 522 g/mol. The standard InChI is InChI=1S/C28H27N9O2/c1-35-17-19(15-31-35)28-23-16-30-25(32-20-5-3-18(14-29)4-6-20)13-24(23)37(34-28)21-7-9-22(10-8-21)39-26-11-12-27(38)36(2)33-26/h3-6,11-13,15-17,21-22H,7-10H2,1-2H3,(H,30,32)/t21-,22+. The highest BCUT2D eigenvalue weighted by atomic mass is 16.5. The normalized spacial score (nSPS) is 17.2. The SMILES string of the molecule is Cn1cc(-c2nn([C@H]3CC[C@@H](Oc4ccc(=O)n(C)n4)CC3)c3cc(Nc4ccc(C#N)cc4)ncc23)cn1. The minimum Gasteiger partial charge on any atom is -0.473 e. The van der Waals surface area contributed by atoms with Crippen LogP contribution in [0, 0.1) is 11.3 Å². The zero-order valence-electron chi connectivity index (χ0n) is 21.7. The summed E-state index contributed by atoms with van der Waals surface area (Å²) in [5.41, 5.74) is 4.07. The summed E-state index contributed by atoms with van der Waals surface area (Å²) in [6.07, 6.45) is 9.13. The Bertz CT molecular complexity index is 1740. The smallest absolute Gasteiger partial charge is 0.266 e. The predicted octanol–water partition coefficient (Wildman–Crippen LogP) is 4.10. The highest BCUT2D eigenvalue weighted by Crippen LogP contribution is 2.36. The quantitative estimate of drug-likeness (QED) is 0.354. The molecule has 6 rings (SSSR count). The van der Waals surface area contributed by atoms with Gasteiger partial charge in [-0.1, -0.05) is 0 Å². The van der Waals surface area contributed by atoms with E-state index in [2.05, 4.69) is 31.2 Å². The molecule has 1 aliphatic carbocycles. The number of pyridine rings is 1. The first kappa shape index (κ1) is 24.4. The molecule has 1 saturated carbocycles. The lowest BCUT2D eigenvalue weighted by Gasteiger charge is -2.29. The van der Waals surface area contributed by atoms with Crippen molar-refractivity contribution in [2.45, 2.75) is 37.8 Å². The summed E-state index contributed by atoms with van der Waals surface area (Å²) in [6, 6.07) is 14.7. The molecule has 11 heteroatoms. The summed E-state index contributed by atoms with van der Waals surface area (Å²) in [5, 5.41) is 27.0. The molecule has 0 unspecified atom stereocenters. The van der Waals surface area contributed by atoms with Gasteiger partial charge in [0.05, 0.1) is 29.4 Å². The Balaban J connectivity index is 1.28. The molecule has 1 fully saturated rings. The Kier molecular flexibility index (Phi) is 6.28. The van der Waals surface area contributed by atoms with Gasteiger partial charge in [-0.25, -0.2) is 9.67 Å². The van der Waals surface area contributed by atoms with E-state index < -0.39 is 0 Å². The molecule has 0 atom stereocenters. The number of anilines is 2. The zero-order chi connectivity index (χ0) is 26.9. The summed E-state index contributed by atoms with van der Waals surface area (Å²) in [4.78, 5) is 16.3. The summed E-state index contributed by atoms with van der Waals surface area (Å²) >= 11 is 0. The van der Waals surface area contributed by atoms with E-state index in [1.54, 1.807) is 29.9 Å². The molecule has 39 heavy (non-hydrogen) atoms. The van der Waals surface area contributed by atoms with Crippen molar-refractivity contribution in [2.75, 3.05) is 5.32 Å². The fourth-order valence-electron chi connectivity index (χ4n) is 5.03. The second-order valence-electron chi connectivity index (χ2n) is 9.78. The molecule has 5 aromatic rings. The third kappa shape index (κ3) is 4.96. The molecule has 1 aromatic carbocycles. The molecule has 0 saturated heterocycles. The second-order valence-corrected chi connectivity index (χ2v) is 9.78. The van der Waals surface area contributed by atoms with Crippen LogP contribution in [0.4, 0.5) is 11.5 Å². The van der Waals surface area contributed by atoms with Crippen molar-refractivity contribution in [1.82, 2.24) is 34.3 Å². The van der Waals surface area contributed by atoms with Gasteiger partial charge >= 0.3 is 0 Å². The molecule has 1 aliphatic rings. The number of nitrogens with one attached hydrogen (secondary N) is 1. The largest absolute Gasteiger partial charge is 0.473 e. The second kappa shape index (κ2) is 10.1. The van der Waals surface area contributed by atoms with E-state index >= 15 is 0 Å². The minimum absolute atomic E-state index is 0.0288. The predicted molar refractivity (Wildman–Crippen MR) is 146 cm³/mol. The van der Waals surface area contributed by atoms with Crippen LogP contribution in [-0.2, 0) is 14.1 Å². The molecule has 0 amide bonds. The molecule has 4 aromatic heterocycles. The van der Waals surface area contributed by atoms with Crippen molar-refractivity contribution in [3.8, 4) is 23.2 Å². The van der Waals surface area contributed by atoms with E-state index in [9.17, 15) is 4.79 Å². The van der Waals surface area contributed by atoms with Crippen LogP contribution in [0.3, 0.4) is 0 Å². The van der Waals surface area contributed by atoms with Crippen LogP contribution in [0.5, 0.6) is 5.88 Å². The maximum Gasteiger partial charge on any atom is 0.266 e. The van der Waals surface area contributed by atoms with E-state index in [4.69, 9.17) is 15.1 Å². The molecule has 11 nitrogen and oxygen atoms in total. The average Bonchev–Trinajstić information content (AvgIpc) is 3.55. The highest BCUT2D eigenvalue weighted by molar-refractivity contribution is 5.94. The van der Waals surface area contributed by atoms with E-state index in [0.29, 0.717) is 17.3 Å². The molecule has 0 bridgehead atoms. The van der Waals surface area contributed by atoms with Crippen LogP contribution >= 0.6 is 0 Å². The van der Waals surface area contributed by atoms with Crippen LogP contribution in [0.25, 0.3) is 22.2 Å². The third-order valence-corrected chi connectivity index (χ3v) is 7.07. The van der Waals surface area contributed by atoms with E-state index in [0.717, 1.165) is 53.5 Å². The highest BCUT2D eigenvalue weighted by Gasteiger charge is 2.27.